The van der Waals surface area contributed by atoms with E-state index >= 15 is 0 Å². The number of aromatic carboxylic acids is 1. The van der Waals surface area contributed by atoms with Crippen LogP contribution in [0.1, 0.15) is 45.3 Å². The van der Waals surface area contributed by atoms with Crippen LogP contribution in [0.2, 0.25) is 0 Å². The molecule has 1 aromatic heterocycles. The number of carbonyl (C=O) groups is 2. The number of carboxylic acid groups (broad SMARTS) is 1. The molecule has 0 radical (unpaired) electrons. The maximum atomic E-state index is 12.7. The zero-order valence-electron chi connectivity index (χ0n) is 12.3. The fraction of sp³-hybridized carbons (Fsp3) is 0.312. The lowest BCUT2D eigenvalue weighted by atomic mass is 10.1. The molecule has 1 amide bonds. The monoisotopic (exact) mass is 299 g/mol. The Balaban J connectivity index is 1.89. The van der Waals surface area contributed by atoms with Crippen molar-refractivity contribution >= 4 is 11.9 Å². The second-order valence-electron chi connectivity index (χ2n) is 5.42. The number of likely N-dealkylation sites (tertiary alicyclic amines) is 1. The average molecular weight is 299 g/mol. The van der Waals surface area contributed by atoms with Crippen LogP contribution in [-0.4, -0.2) is 38.2 Å². The lowest BCUT2D eigenvalue weighted by Gasteiger charge is -2.25. The van der Waals surface area contributed by atoms with Gasteiger partial charge in [-0.25, -0.2) is 4.79 Å². The second kappa shape index (κ2) is 5.63. The van der Waals surface area contributed by atoms with Gasteiger partial charge in [-0.1, -0.05) is 6.07 Å². The first kappa shape index (κ1) is 14.3. The Bertz CT molecular complexity index is 723. The van der Waals surface area contributed by atoms with Crippen molar-refractivity contribution in [1.82, 2.24) is 14.7 Å². The van der Waals surface area contributed by atoms with Crippen LogP contribution in [0, 0.1) is 0 Å². The second-order valence-corrected chi connectivity index (χ2v) is 5.42. The number of amides is 1. The third-order valence-electron chi connectivity index (χ3n) is 4.07. The van der Waals surface area contributed by atoms with Crippen molar-refractivity contribution in [3.8, 4) is 0 Å². The molecule has 3 rings (SSSR count). The van der Waals surface area contributed by atoms with E-state index in [-0.39, 0.29) is 17.5 Å². The number of hydrogen-bond acceptors (Lipinski definition) is 3. The quantitative estimate of drug-likeness (QED) is 0.941. The minimum absolute atomic E-state index is 0.00603. The van der Waals surface area contributed by atoms with Crippen LogP contribution >= 0.6 is 0 Å². The molecule has 114 valence electrons. The Morgan fingerprint density at radius 1 is 1.27 bits per heavy atom. The smallest absolute Gasteiger partial charge is 0.335 e. The molecular weight excluding hydrogens is 282 g/mol. The minimum Gasteiger partial charge on any atom is -0.478 e. The molecular formula is C16H17N3O3. The number of nitrogens with zero attached hydrogens (tertiary/aromatic N) is 3. The molecule has 0 bridgehead atoms. The summed E-state index contributed by atoms with van der Waals surface area (Å²) in [5.74, 6) is -1.16. The summed E-state index contributed by atoms with van der Waals surface area (Å²) in [5.41, 5.74) is 1.54. The predicted octanol–water partition coefficient (Wildman–Crippen LogP) is 2.10. The van der Waals surface area contributed by atoms with Gasteiger partial charge in [-0.2, -0.15) is 5.10 Å². The normalized spacial score (nSPS) is 17.7. The Kier molecular flexibility index (Phi) is 3.66. The van der Waals surface area contributed by atoms with Crippen molar-refractivity contribution in [1.29, 1.82) is 0 Å². The molecule has 22 heavy (non-hydrogen) atoms. The largest absolute Gasteiger partial charge is 0.478 e. The predicted molar refractivity (Wildman–Crippen MR) is 79.6 cm³/mol. The number of rotatable bonds is 3. The molecule has 6 heteroatoms. The highest BCUT2D eigenvalue weighted by molar-refractivity contribution is 5.97. The fourth-order valence-corrected chi connectivity index (χ4v) is 2.98. The summed E-state index contributed by atoms with van der Waals surface area (Å²) in [6.45, 7) is 0.673. The average Bonchev–Trinajstić information content (AvgIpc) is 3.14. The Hall–Kier alpha value is -2.63. The number of hydrogen-bond donors (Lipinski definition) is 1. The number of aromatic nitrogens is 2. The van der Waals surface area contributed by atoms with Gasteiger partial charge in [0.25, 0.3) is 5.91 Å². The SMILES string of the molecule is Cn1nccc1C1CCCN1C(=O)c1cccc(C(=O)O)c1. The molecule has 1 N–H and O–H groups in total. The first-order chi connectivity index (χ1) is 10.6. The molecule has 2 heterocycles. The highest BCUT2D eigenvalue weighted by atomic mass is 16.4. The maximum absolute atomic E-state index is 12.7. The maximum Gasteiger partial charge on any atom is 0.335 e. The topological polar surface area (TPSA) is 75.4 Å². The highest BCUT2D eigenvalue weighted by Crippen LogP contribution is 2.32. The van der Waals surface area contributed by atoms with Gasteiger partial charge in [-0.3, -0.25) is 9.48 Å². The molecule has 0 spiro atoms. The molecule has 2 aromatic rings. The number of benzene rings is 1. The van der Waals surface area contributed by atoms with E-state index in [0.717, 1.165) is 18.5 Å². The zero-order valence-corrected chi connectivity index (χ0v) is 12.3. The van der Waals surface area contributed by atoms with Crippen LogP contribution < -0.4 is 0 Å². The van der Waals surface area contributed by atoms with E-state index in [1.54, 1.807) is 27.9 Å². The lowest BCUT2D eigenvalue weighted by molar-refractivity contribution is 0.0697. The standard InChI is InChI=1S/C16H17N3O3/c1-18-13(7-8-17-18)14-6-3-9-19(14)15(20)11-4-2-5-12(10-11)16(21)22/h2,4-5,7-8,10,14H,3,6,9H2,1H3,(H,21,22). The van der Waals surface area contributed by atoms with E-state index in [9.17, 15) is 9.59 Å². The molecule has 1 fully saturated rings. The molecule has 1 aliphatic rings. The van der Waals surface area contributed by atoms with Gasteiger partial charge < -0.3 is 10.0 Å². The summed E-state index contributed by atoms with van der Waals surface area (Å²) in [5, 5.41) is 13.2. The van der Waals surface area contributed by atoms with E-state index in [2.05, 4.69) is 5.10 Å². The van der Waals surface area contributed by atoms with Crippen LogP contribution in [0.15, 0.2) is 36.5 Å². The van der Waals surface area contributed by atoms with Crippen molar-refractivity contribution in [2.45, 2.75) is 18.9 Å². The Morgan fingerprint density at radius 3 is 2.73 bits per heavy atom. The third-order valence-corrected chi connectivity index (χ3v) is 4.07. The number of carbonyl (C=O) groups excluding carboxylic acids is 1. The van der Waals surface area contributed by atoms with Crippen LogP contribution in [0.25, 0.3) is 0 Å². The molecule has 6 nitrogen and oxygen atoms in total. The van der Waals surface area contributed by atoms with Gasteiger partial charge in [0.15, 0.2) is 0 Å². The number of carboxylic acids is 1. The van der Waals surface area contributed by atoms with Crippen molar-refractivity contribution in [3.63, 3.8) is 0 Å². The van der Waals surface area contributed by atoms with Crippen LogP contribution in [0.3, 0.4) is 0 Å². The van der Waals surface area contributed by atoms with Gasteiger partial charge in [-0.15, -0.1) is 0 Å². The lowest BCUT2D eigenvalue weighted by Crippen LogP contribution is -2.31. The zero-order chi connectivity index (χ0) is 15.7. The van der Waals surface area contributed by atoms with Gasteiger partial charge in [0.05, 0.1) is 17.3 Å². The van der Waals surface area contributed by atoms with Crippen LogP contribution in [0.4, 0.5) is 0 Å². The van der Waals surface area contributed by atoms with Gasteiger partial charge >= 0.3 is 5.97 Å². The molecule has 1 unspecified atom stereocenters. The number of aryl methyl sites for hydroxylation is 1. The summed E-state index contributed by atoms with van der Waals surface area (Å²) in [6.07, 6.45) is 3.55. The van der Waals surface area contributed by atoms with E-state index in [0.29, 0.717) is 12.1 Å². The van der Waals surface area contributed by atoms with E-state index in [1.807, 2.05) is 13.1 Å². The summed E-state index contributed by atoms with van der Waals surface area (Å²) in [6, 6.07) is 8.10. The van der Waals surface area contributed by atoms with Crippen molar-refractivity contribution < 1.29 is 14.7 Å². The molecule has 0 saturated carbocycles. The third kappa shape index (κ3) is 2.47. The summed E-state index contributed by atoms with van der Waals surface area (Å²) < 4.78 is 1.78. The molecule has 1 aliphatic heterocycles. The highest BCUT2D eigenvalue weighted by Gasteiger charge is 2.32. The minimum atomic E-state index is -1.03. The first-order valence-corrected chi connectivity index (χ1v) is 7.20. The van der Waals surface area contributed by atoms with E-state index in [4.69, 9.17) is 5.11 Å². The van der Waals surface area contributed by atoms with Crippen molar-refractivity contribution in [2.24, 2.45) is 7.05 Å². The van der Waals surface area contributed by atoms with Gasteiger partial charge in [0, 0.05) is 25.4 Å². The van der Waals surface area contributed by atoms with Gasteiger partial charge in [0.2, 0.25) is 0 Å². The molecule has 1 atom stereocenters. The Morgan fingerprint density at radius 2 is 2.05 bits per heavy atom. The summed E-state index contributed by atoms with van der Waals surface area (Å²) in [4.78, 5) is 25.6. The van der Waals surface area contributed by atoms with Gasteiger partial charge in [0.1, 0.15) is 0 Å². The Labute approximate surface area is 128 Å². The first-order valence-electron chi connectivity index (χ1n) is 7.20. The fourth-order valence-electron chi connectivity index (χ4n) is 2.98. The van der Waals surface area contributed by atoms with Gasteiger partial charge in [-0.05, 0) is 37.1 Å². The van der Waals surface area contributed by atoms with E-state index in [1.165, 1.54) is 12.1 Å². The van der Waals surface area contributed by atoms with Crippen molar-refractivity contribution in [2.75, 3.05) is 6.54 Å². The molecule has 0 aliphatic carbocycles. The van der Waals surface area contributed by atoms with Crippen molar-refractivity contribution in [3.05, 3.63) is 53.3 Å². The molecule has 1 saturated heterocycles. The molecule has 1 aromatic carbocycles. The van der Waals surface area contributed by atoms with E-state index < -0.39 is 5.97 Å². The van der Waals surface area contributed by atoms with Crippen LogP contribution in [0.5, 0.6) is 0 Å². The van der Waals surface area contributed by atoms with Crippen LogP contribution in [-0.2, 0) is 7.05 Å². The summed E-state index contributed by atoms with van der Waals surface area (Å²) >= 11 is 0. The summed E-state index contributed by atoms with van der Waals surface area (Å²) in [7, 11) is 1.86.